The maximum absolute atomic E-state index is 10.7. The molecule has 0 bridgehead atoms. The van der Waals surface area contributed by atoms with E-state index in [1.807, 2.05) is 0 Å². The second-order valence-electron chi connectivity index (χ2n) is 4.46. The summed E-state index contributed by atoms with van der Waals surface area (Å²) in [7, 11) is 0. The summed E-state index contributed by atoms with van der Waals surface area (Å²) >= 11 is 3.42. The lowest BCUT2D eigenvalue weighted by Gasteiger charge is -2.20. The molecule has 0 spiro atoms. The van der Waals surface area contributed by atoms with E-state index in [0.29, 0.717) is 5.25 Å². The number of benzene rings is 1. The Morgan fingerprint density at radius 3 is 2.85 bits per heavy atom. The smallest absolute Gasteiger partial charge is 0.271 e. The van der Waals surface area contributed by atoms with E-state index < -0.39 is 0 Å². The molecule has 1 aliphatic heterocycles. The van der Waals surface area contributed by atoms with Gasteiger partial charge in [0, 0.05) is 17.4 Å². The summed E-state index contributed by atoms with van der Waals surface area (Å²) in [5, 5.41) is 14.7. The van der Waals surface area contributed by atoms with Crippen LogP contribution >= 0.6 is 35.5 Å². The second-order valence-corrected chi connectivity index (χ2v) is 7.03. The van der Waals surface area contributed by atoms with E-state index in [2.05, 4.69) is 10.3 Å². The van der Waals surface area contributed by atoms with Crippen LogP contribution in [0, 0.1) is 10.1 Å². The van der Waals surface area contributed by atoms with Crippen molar-refractivity contribution in [1.29, 1.82) is 0 Å². The molecule has 0 radical (unpaired) electrons. The maximum Gasteiger partial charge on any atom is 0.271 e. The number of non-ortho nitro benzene ring substituents is 1. The van der Waals surface area contributed by atoms with E-state index in [1.54, 1.807) is 41.3 Å². The van der Waals surface area contributed by atoms with Gasteiger partial charge in [-0.2, -0.15) is 0 Å². The summed E-state index contributed by atoms with van der Waals surface area (Å²) < 4.78 is 2.03. The van der Waals surface area contributed by atoms with Crippen LogP contribution in [0.1, 0.15) is 12.8 Å². The Labute approximate surface area is 130 Å². The molecule has 1 aliphatic rings. The quantitative estimate of drug-likeness (QED) is 0.689. The van der Waals surface area contributed by atoms with E-state index in [1.165, 1.54) is 0 Å². The number of nitrogens with zero attached hydrogens (tertiary/aromatic N) is 2. The molecule has 0 aliphatic carbocycles. The van der Waals surface area contributed by atoms with Gasteiger partial charge in [-0.3, -0.25) is 10.1 Å². The SMILES string of the molecule is Cl.O=[N+]([O-])c1ccc2sc(SC3CCNCC3)nc2c1. The normalized spacial score (nSPS) is 16.0. The van der Waals surface area contributed by atoms with Gasteiger partial charge in [-0.25, -0.2) is 4.98 Å². The number of nitro benzene ring substituents is 1. The molecule has 2 heterocycles. The minimum atomic E-state index is -0.377. The van der Waals surface area contributed by atoms with Crippen molar-refractivity contribution >= 4 is 51.4 Å². The van der Waals surface area contributed by atoms with Crippen LogP contribution in [-0.2, 0) is 0 Å². The first-order chi connectivity index (χ1) is 9.22. The molecule has 3 rings (SSSR count). The molecule has 8 heteroatoms. The number of fused-ring (bicyclic) bond motifs is 1. The Morgan fingerprint density at radius 1 is 1.40 bits per heavy atom. The number of nitrogens with one attached hydrogen (secondary N) is 1. The Bertz CT molecular complexity index is 614. The predicted octanol–water partition coefficient (Wildman–Crippen LogP) is 3.47. The third-order valence-electron chi connectivity index (χ3n) is 3.12. The number of thioether (sulfide) groups is 1. The predicted molar refractivity (Wildman–Crippen MR) is 85.3 cm³/mol. The molecule has 20 heavy (non-hydrogen) atoms. The summed E-state index contributed by atoms with van der Waals surface area (Å²) in [6.45, 7) is 2.13. The van der Waals surface area contributed by atoms with Crippen molar-refractivity contribution in [3.8, 4) is 0 Å². The van der Waals surface area contributed by atoms with Crippen LogP contribution < -0.4 is 5.32 Å². The van der Waals surface area contributed by atoms with Crippen molar-refractivity contribution in [2.24, 2.45) is 0 Å². The summed E-state index contributed by atoms with van der Waals surface area (Å²) in [6.07, 6.45) is 2.31. The molecule has 1 N–H and O–H groups in total. The number of hydrogen-bond acceptors (Lipinski definition) is 6. The topological polar surface area (TPSA) is 68.1 Å². The monoisotopic (exact) mass is 331 g/mol. The zero-order valence-corrected chi connectivity index (χ0v) is 13.0. The highest BCUT2D eigenvalue weighted by atomic mass is 35.5. The van der Waals surface area contributed by atoms with Gasteiger partial charge in [0.1, 0.15) is 0 Å². The van der Waals surface area contributed by atoms with E-state index in [4.69, 9.17) is 0 Å². The molecule has 2 aromatic rings. The van der Waals surface area contributed by atoms with Gasteiger partial charge >= 0.3 is 0 Å². The molecule has 0 saturated carbocycles. The van der Waals surface area contributed by atoms with Crippen LogP contribution in [0.2, 0.25) is 0 Å². The number of piperidine rings is 1. The molecule has 0 unspecified atom stereocenters. The molecule has 1 fully saturated rings. The first-order valence-corrected chi connectivity index (χ1v) is 7.84. The fourth-order valence-corrected chi connectivity index (χ4v) is 4.57. The van der Waals surface area contributed by atoms with Gasteiger partial charge in [-0.15, -0.1) is 23.7 Å². The van der Waals surface area contributed by atoms with Crippen molar-refractivity contribution in [1.82, 2.24) is 10.3 Å². The highest BCUT2D eigenvalue weighted by Gasteiger charge is 2.17. The van der Waals surface area contributed by atoms with E-state index in [0.717, 1.165) is 40.5 Å². The summed E-state index contributed by atoms with van der Waals surface area (Å²) in [6, 6.07) is 4.88. The molecule has 0 amide bonds. The zero-order valence-electron chi connectivity index (χ0n) is 10.6. The Kier molecular flexibility index (Phi) is 5.20. The number of thiazole rings is 1. The number of rotatable bonds is 3. The average molecular weight is 332 g/mol. The molecule has 1 aromatic carbocycles. The van der Waals surface area contributed by atoms with Gasteiger partial charge in [0.05, 0.1) is 15.1 Å². The minimum Gasteiger partial charge on any atom is -0.317 e. The van der Waals surface area contributed by atoms with Crippen LogP contribution in [-0.4, -0.2) is 28.2 Å². The zero-order chi connectivity index (χ0) is 13.2. The van der Waals surface area contributed by atoms with Crippen molar-refractivity contribution in [2.75, 3.05) is 13.1 Å². The first-order valence-electron chi connectivity index (χ1n) is 6.15. The van der Waals surface area contributed by atoms with Gasteiger partial charge in [-0.05, 0) is 32.0 Å². The standard InChI is InChI=1S/C12H13N3O2S2.ClH/c16-15(17)8-1-2-11-10(7-8)14-12(19-11)18-9-3-5-13-6-4-9;/h1-2,7,9,13H,3-6H2;1H. The molecule has 1 aromatic heterocycles. The molecule has 108 valence electrons. The third kappa shape index (κ3) is 3.41. The van der Waals surface area contributed by atoms with E-state index in [9.17, 15) is 10.1 Å². The summed E-state index contributed by atoms with van der Waals surface area (Å²) in [5.74, 6) is 0. The van der Waals surface area contributed by atoms with Gasteiger partial charge in [0.25, 0.3) is 5.69 Å². The van der Waals surface area contributed by atoms with Crippen molar-refractivity contribution < 1.29 is 4.92 Å². The van der Waals surface area contributed by atoms with Crippen LogP contribution in [0.4, 0.5) is 5.69 Å². The fraction of sp³-hybridized carbons (Fsp3) is 0.417. The van der Waals surface area contributed by atoms with Crippen LogP contribution in [0.15, 0.2) is 22.5 Å². The van der Waals surface area contributed by atoms with Crippen LogP contribution in [0.25, 0.3) is 10.2 Å². The third-order valence-corrected chi connectivity index (χ3v) is 5.58. The van der Waals surface area contributed by atoms with Crippen molar-refractivity contribution in [3.05, 3.63) is 28.3 Å². The Balaban J connectivity index is 0.00000147. The lowest BCUT2D eigenvalue weighted by molar-refractivity contribution is -0.384. The second kappa shape index (κ2) is 6.71. The van der Waals surface area contributed by atoms with E-state index >= 15 is 0 Å². The van der Waals surface area contributed by atoms with Gasteiger partial charge in [-0.1, -0.05) is 11.8 Å². The highest BCUT2D eigenvalue weighted by molar-refractivity contribution is 8.01. The fourth-order valence-electron chi connectivity index (χ4n) is 2.11. The Hall–Kier alpha value is -0.890. The molecular formula is C12H14ClN3O2S2. The highest BCUT2D eigenvalue weighted by Crippen LogP contribution is 2.35. The minimum absolute atomic E-state index is 0. The van der Waals surface area contributed by atoms with Gasteiger partial charge < -0.3 is 5.32 Å². The molecule has 5 nitrogen and oxygen atoms in total. The summed E-state index contributed by atoms with van der Waals surface area (Å²) in [5.41, 5.74) is 0.840. The van der Waals surface area contributed by atoms with Crippen molar-refractivity contribution in [3.63, 3.8) is 0 Å². The Morgan fingerprint density at radius 2 is 2.15 bits per heavy atom. The number of hydrogen-bond donors (Lipinski definition) is 1. The number of halogens is 1. The lowest BCUT2D eigenvalue weighted by Crippen LogP contribution is -2.29. The number of nitro groups is 1. The summed E-state index contributed by atoms with van der Waals surface area (Å²) in [4.78, 5) is 14.9. The maximum atomic E-state index is 10.7. The molecule has 0 atom stereocenters. The first kappa shape index (κ1) is 15.5. The van der Waals surface area contributed by atoms with Gasteiger partial charge in [0.2, 0.25) is 0 Å². The molecular weight excluding hydrogens is 318 g/mol. The van der Waals surface area contributed by atoms with Crippen molar-refractivity contribution in [2.45, 2.75) is 22.4 Å². The van der Waals surface area contributed by atoms with Crippen LogP contribution in [0.5, 0.6) is 0 Å². The lowest BCUT2D eigenvalue weighted by atomic mass is 10.2. The number of aromatic nitrogens is 1. The average Bonchev–Trinajstić information content (AvgIpc) is 2.80. The largest absolute Gasteiger partial charge is 0.317 e. The van der Waals surface area contributed by atoms with Gasteiger partial charge in [0.15, 0.2) is 4.34 Å². The van der Waals surface area contributed by atoms with Crippen LogP contribution in [0.3, 0.4) is 0 Å². The molecule has 1 saturated heterocycles. The van der Waals surface area contributed by atoms with E-state index in [-0.39, 0.29) is 23.0 Å².